The molecule has 1 unspecified atom stereocenters. The van der Waals surface area contributed by atoms with E-state index in [4.69, 9.17) is 13.8 Å². The van der Waals surface area contributed by atoms with E-state index in [2.05, 4.69) is 0 Å². The van der Waals surface area contributed by atoms with Gasteiger partial charge in [-0.1, -0.05) is 30.3 Å². The second-order valence-electron chi connectivity index (χ2n) is 6.39. The lowest BCUT2D eigenvalue weighted by Crippen LogP contribution is -2.52. The number of likely N-dealkylation sites (tertiary alicyclic amines) is 1. The van der Waals surface area contributed by atoms with Gasteiger partial charge in [0.2, 0.25) is 0 Å². The van der Waals surface area contributed by atoms with Gasteiger partial charge in [0.15, 0.2) is 0 Å². The number of hydrogen-bond acceptors (Lipinski definition) is 6. The molecule has 1 aromatic rings. The fraction of sp³-hybridized carbons (Fsp3) is 0.611. The van der Waals surface area contributed by atoms with Crippen LogP contribution in [-0.4, -0.2) is 54.2 Å². The lowest BCUT2D eigenvalue weighted by Gasteiger charge is -2.39. The van der Waals surface area contributed by atoms with Crippen molar-refractivity contribution in [1.29, 1.82) is 0 Å². The molecule has 1 fully saturated rings. The molecule has 0 aliphatic carbocycles. The molecule has 1 amide bonds. The van der Waals surface area contributed by atoms with Crippen molar-refractivity contribution in [1.82, 2.24) is 4.90 Å². The standard InChI is InChI=1S/C18H28NO6P/c1-3-24-26(22,25-4-2)15-18(21)11-8-12-19(14-18)17(20)23-13-16-9-6-5-7-10-16/h5-7,9-10,21H,3-4,8,11-15H2,1-2H3. The average molecular weight is 385 g/mol. The molecule has 1 atom stereocenters. The van der Waals surface area contributed by atoms with E-state index in [0.29, 0.717) is 19.4 Å². The summed E-state index contributed by atoms with van der Waals surface area (Å²) in [7, 11) is -3.40. The van der Waals surface area contributed by atoms with Crippen LogP contribution in [0.5, 0.6) is 0 Å². The Bertz CT molecular complexity index is 615. The number of hydrogen-bond donors (Lipinski definition) is 1. The van der Waals surface area contributed by atoms with Crippen LogP contribution in [0.2, 0.25) is 0 Å². The van der Waals surface area contributed by atoms with Gasteiger partial charge in [0.1, 0.15) is 6.61 Å². The zero-order valence-corrected chi connectivity index (χ0v) is 16.3. The third-order valence-corrected chi connectivity index (χ3v) is 6.44. The van der Waals surface area contributed by atoms with Crippen LogP contribution in [0.4, 0.5) is 4.79 Å². The second-order valence-corrected chi connectivity index (χ2v) is 8.45. The first-order valence-corrected chi connectivity index (χ1v) is 10.7. The Labute approximate surface area is 154 Å². The highest BCUT2D eigenvalue weighted by Crippen LogP contribution is 2.51. The number of rotatable bonds is 8. The number of ether oxygens (including phenoxy) is 1. The molecule has 7 nitrogen and oxygen atoms in total. The molecule has 26 heavy (non-hydrogen) atoms. The predicted molar refractivity (Wildman–Crippen MR) is 98.1 cm³/mol. The first kappa shape index (κ1) is 20.9. The number of benzene rings is 1. The third-order valence-electron chi connectivity index (χ3n) is 4.16. The zero-order chi connectivity index (χ0) is 19.0. The van der Waals surface area contributed by atoms with Crippen molar-refractivity contribution < 1.29 is 28.3 Å². The van der Waals surface area contributed by atoms with Gasteiger partial charge >= 0.3 is 13.7 Å². The number of carbonyl (C=O) groups is 1. The minimum absolute atomic E-state index is 0.0464. The molecule has 2 rings (SSSR count). The normalized spacial score (nSPS) is 20.8. The minimum Gasteiger partial charge on any atom is -0.445 e. The van der Waals surface area contributed by atoms with Crippen LogP contribution in [-0.2, 0) is 25.0 Å². The van der Waals surface area contributed by atoms with E-state index in [1.165, 1.54) is 4.90 Å². The molecule has 146 valence electrons. The van der Waals surface area contributed by atoms with Crippen LogP contribution in [0.25, 0.3) is 0 Å². The van der Waals surface area contributed by atoms with Gasteiger partial charge in [-0.05, 0) is 32.3 Å². The molecule has 0 spiro atoms. The molecule has 1 N–H and O–H groups in total. The maximum Gasteiger partial charge on any atom is 0.410 e. The molecule has 1 aliphatic heterocycles. The summed E-state index contributed by atoms with van der Waals surface area (Å²) in [5, 5.41) is 10.9. The molecule has 0 aromatic heterocycles. The highest BCUT2D eigenvalue weighted by molar-refractivity contribution is 7.53. The fourth-order valence-electron chi connectivity index (χ4n) is 3.09. The molecule has 1 aromatic carbocycles. The van der Waals surface area contributed by atoms with Crippen molar-refractivity contribution in [3.63, 3.8) is 0 Å². The summed E-state index contributed by atoms with van der Waals surface area (Å²) in [5.74, 6) is 0. The Kier molecular flexibility index (Phi) is 7.65. The lowest BCUT2D eigenvalue weighted by molar-refractivity contribution is -0.0186. The topological polar surface area (TPSA) is 85.3 Å². The number of piperidine rings is 1. The highest BCUT2D eigenvalue weighted by Gasteiger charge is 2.43. The van der Waals surface area contributed by atoms with E-state index in [9.17, 15) is 14.5 Å². The van der Waals surface area contributed by atoms with E-state index in [-0.39, 0.29) is 32.5 Å². The smallest absolute Gasteiger partial charge is 0.410 e. The molecular weight excluding hydrogens is 357 g/mol. The van der Waals surface area contributed by atoms with Crippen molar-refractivity contribution in [2.45, 2.75) is 38.9 Å². The summed E-state index contributed by atoms with van der Waals surface area (Å²) >= 11 is 0. The summed E-state index contributed by atoms with van der Waals surface area (Å²) in [6.07, 6.45) is 0.397. The van der Waals surface area contributed by atoms with Crippen LogP contribution in [0.3, 0.4) is 0 Å². The molecule has 1 heterocycles. The Hall–Kier alpha value is -1.40. The maximum absolute atomic E-state index is 12.7. The lowest BCUT2D eigenvalue weighted by atomic mass is 9.95. The quantitative estimate of drug-likeness (QED) is 0.690. The average Bonchev–Trinajstić information content (AvgIpc) is 2.60. The fourth-order valence-corrected chi connectivity index (χ4v) is 5.11. The molecule has 1 saturated heterocycles. The molecule has 8 heteroatoms. The highest BCUT2D eigenvalue weighted by atomic mass is 31.2. The van der Waals surface area contributed by atoms with Crippen molar-refractivity contribution in [3.8, 4) is 0 Å². The SMILES string of the molecule is CCOP(=O)(CC1(O)CCCN(C(=O)OCc2ccccc2)C1)OCC. The van der Waals surface area contributed by atoms with E-state index in [1.54, 1.807) is 13.8 Å². The van der Waals surface area contributed by atoms with Gasteiger partial charge in [-0.2, -0.15) is 0 Å². The van der Waals surface area contributed by atoms with E-state index < -0.39 is 19.3 Å². The second kappa shape index (κ2) is 9.51. The Morgan fingerprint density at radius 3 is 2.50 bits per heavy atom. The predicted octanol–water partition coefficient (Wildman–Crippen LogP) is 3.42. The van der Waals surface area contributed by atoms with Crippen LogP contribution in [0.15, 0.2) is 30.3 Å². The summed E-state index contributed by atoms with van der Waals surface area (Å²) in [5.41, 5.74) is -0.422. The van der Waals surface area contributed by atoms with Crippen molar-refractivity contribution in [3.05, 3.63) is 35.9 Å². The minimum atomic E-state index is -3.40. The number of nitrogens with zero attached hydrogens (tertiary/aromatic N) is 1. The van der Waals surface area contributed by atoms with Gasteiger partial charge in [-0.15, -0.1) is 0 Å². The number of β-amino-alcohol motifs (C(OH)–C–C–N with tert-alkyl or cyclic N) is 1. The molecule has 0 radical (unpaired) electrons. The Balaban J connectivity index is 1.95. The van der Waals surface area contributed by atoms with Gasteiger partial charge in [-0.3, -0.25) is 4.57 Å². The van der Waals surface area contributed by atoms with Gasteiger partial charge in [-0.25, -0.2) is 4.79 Å². The van der Waals surface area contributed by atoms with E-state index >= 15 is 0 Å². The van der Waals surface area contributed by atoms with Crippen LogP contribution >= 0.6 is 7.60 Å². The first-order chi connectivity index (χ1) is 12.4. The molecule has 1 aliphatic rings. The molecular formula is C18H28NO6P. The summed E-state index contributed by atoms with van der Waals surface area (Å²) in [6.45, 7) is 4.62. The molecule has 0 saturated carbocycles. The van der Waals surface area contributed by atoms with Crippen LogP contribution in [0, 0.1) is 0 Å². The van der Waals surface area contributed by atoms with Gasteiger partial charge in [0.25, 0.3) is 0 Å². The maximum atomic E-state index is 12.7. The Morgan fingerprint density at radius 2 is 1.88 bits per heavy atom. The number of carbonyl (C=O) groups excluding carboxylic acids is 1. The largest absolute Gasteiger partial charge is 0.445 e. The van der Waals surface area contributed by atoms with Crippen molar-refractivity contribution in [2.24, 2.45) is 0 Å². The number of aliphatic hydroxyl groups is 1. The Morgan fingerprint density at radius 1 is 1.23 bits per heavy atom. The van der Waals surface area contributed by atoms with Crippen molar-refractivity contribution in [2.75, 3.05) is 32.5 Å². The van der Waals surface area contributed by atoms with Gasteiger partial charge < -0.3 is 23.8 Å². The van der Waals surface area contributed by atoms with Crippen molar-refractivity contribution >= 4 is 13.7 Å². The van der Waals surface area contributed by atoms with Crippen LogP contribution in [0.1, 0.15) is 32.3 Å². The summed E-state index contributed by atoms with van der Waals surface area (Å²) < 4.78 is 28.6. The van der Waals surface area contributed by atoms with Gasteiger partial charge in [0.05, 0.1) is 31.5 Å². The third kappa shape index (κ3) is 6.09. The number of amides is 1. The van der Waals surface area contributed by atoms with E-state index in [1.807, 2.05) is 30.3 Å². The summed E-state index contributed by atoms with van der Waals surface area (Å²) in [4.78, 5) is 13.8. The first-order valence-electron chi connectivity index (χ1n) is 8.96. The van der Waals surface area contributed by atoms with E-state index in [0.717, 1.165) is 5.56 Å². The molecule has 0 bridgehead atoms. The zero-order valence-electron chi connectivity index (χ0n) is 15.4. The van der Waals surface area contributed by atoms with Crippen LogP contribution < -0.4 is 0 Å². The van der Waals surface area contributed by atoms with Gasteiger partial charge in [0, 0.05) is 6.54 Å². The summed E-state index contributed by atoms with van der Waals surface area (Å²) in [6, 6.07) is 9.40. The monoisotopic (exact) mass is 385 g/mol.